The topological polar surface area (TPSA) is 47.7 Å². The Bertz CT molecular complexity index is 1050. The van der Waals surface area contributed by atoms with Crippen LogP contribution in [0.2, 0.25) is 0 Å². The first kappa shape index (κ1) is 16.7. The molecule has 0 fully saturated rings. The third kappa shape index (κ3) is 2.97. The van der Waals surface area contributed by atoms with Gasteiger partial charge in [0.1, 0.15) is 0 Å². The van der Waals surface area contributed by atoms with Gasteiger partial charge in [0.15, 0.2) is 0 Å². The summed E-state index contributed by atoms with van der Waals surface area (Å²) < 4.78 is 0. The standard InChI is InChI=1S/C22H22N4S/c1-27-17-8-6-15(7-9-17)22-21-19(18-4-2-3-5-20(18)24-21)11-13-26(22)14-16-10-12-23-25-16/h2-10,12,22,24H,11,13-14H2,1H3,(H,23,25)/t22-/m1/s1. The number of aromatic amines is 2. The number of hydrogen-bond donors (Lipinski definition) is 2. The zero-order valence-electron chi connectivity index (χ0n) is 15.3. The van der Waals surface area contributed by atoms with Crippen molar-refractivity contribution < 1.29 is 0 Å². The molecular weight excluding hydrogens is 352 g/mol. The Morgan fingerprint density at radius 3 is 2.74 bits per heavy atom. The number of H-pyrrole nitrogens is 2. The lowest BCUT2D eigenvalue weighted by Gasteiger charge is -2.36. The van der Waals surface area contributed by atoms with Gasteiger partial charge in [-0.25, -0.2) is 0 Å². The summed E-state index contributed by atoms with van der Waals surface area (Å²) >= 11 is 1.78. The molecule has 0 aliphatic carbocycles. The highest BCUT2D eigenvalue weighted by Crippen LogP contribution is 2.39. The molecule has 0 bridgehead atoms. The normalized spacial score (nSPS) is 17.3. The molecule has 0 saturated carbocycles. The Morgan fingerprint density at radius 1 is 1.11 bits per heavy atom. The lowest BCUT2D eigenvalue weighted by Crippen LogP contribution is -2.35. The van der Waals surface area contributed by atoms with Gasteiger partial charge >= 0.3 is 0 Å². The molecule has 0 unspecified atom stereocenters. The number of thioether (sulfide) groups is 1. The van der Waals surface area contributed by atoms with E-state index in [4.69, 9.17) is 0 Å². The highest BCUT2D eigenvalue weighted by Gasteiger charge is 2.31. The van der Waals surface area contributed by atoms with Gasteiger partial charge in [0, 0.05) is 46.5 Å². The minimum Gasteiger partial charge on any atom is -0.357 e. The number of benzene rings is 2. The van der Waals surface area contributed by atoms with Crippen molar-refractivity contribution in [3.05, 3.63) is 83.3 Å². The largest absolute Gasteiger partial charge is 0.357 e. The van der Waals surface area contributed by atoms with Gasteiger partial charge in [0.2, 0.25) is 0 Å². The van der Waals surface area contributed by atoms with Crippen molar-refractivity contribution in [2.45, 2.75) is 23.9 Å². The predicted octanol–water partition coefficient (Wildman–Crippen LogP) is 4.76. The molecular formula is C22H22N4S. The minimum atomic E-state index is 0.223. The predicted molar refractivity (Wildman–Crippen MR) is 111 cm³/mol. The molecule has 5 heteroatoms. The van der Waals surface area contributed by atoms with Crippen molar-refractivity contribution in [2.24, 2.45) is 0 Å². The first-order chi connectivity index (χ1) is 13.3. The first-order valence-corrected chi connectivity index (χ1v) is 10.5. The third-order valence-corrected chi connectivity index (χ3v) is 6.24. The Balaban J connectivity index is 1.62. The lowest BCUT2D eigenvalue weighted by atomic mass is 9.92. The van der Waals surface area contributed by atoms with E-state index in [1.165, 1.54) is 32.6 Å². The second kappa shape index (κ2) is 6.91. The van der Waals surface area contributed by atoms with Crippen molar-refractivity contribution >= 4 is 22.7 Å². The van der Waals surface area contributed by atoms with E-state index in [1.807, 2.05) is 6.20 Å². The molecule has 136 valence electrons. The summed E-state index contributed by atoms with van der Waals surface area (Å²) in [7, 11) is 0. The molecule has 5 rings (SSSR count). The molecule has 2 aromatic carbocycles. The Hall–Kier alpha value is -2.50. The lowest BCUT2D eigenvalue weighted by molar-refractivity contribution is 0.199. The van der Waals surface area contributed by atoms with Crippen LogP contribution in [0.1, 0.15) is 28.6 Å². The van der Waals surface area contributed by atoms with Gasteiger partial charge in [0.05, 0.1) is 6.04 Å². The maximum absolute atomic E-state index is 4.12. The van der Waals surface area contributed by atoms with E-state index >= 15 is 0 Å². The molecule has 2 aromatic heterocycles. The quantitative estimate of drug-likeness (QED) is 0.506. The average molecular weight is 375 g/mol. The fraction of sp³-hybridized carbons (Fsp3) is 0.227. The monoisotopic (exact) mass is 374 g/mol. The van der Waals surface area contributed by atoms with E-state index in [9.17, 15) is 0 Å². The van der Waals surface area contributed by atoms with E-state index in [0.717, 1.165) is 25.2 Å². The molecule has 0 radical (unpaired) electrons. The van der Waals surface area contributed by atoms with Gasteiger partial charge in [-0.2, -0.15) is 5.10 Å². The molecule has 0 saturated heterocycles. The number of rotatable bonds is 4. The van der Waals surface area contributed by atoms with E-state index in [0.29, 0.717) is 0 Å². The summed E-state index contributed by atoms with van der Waals surface area (Å²) in [6.45, 7) is 1.90. The maximum atomic E-state index is 4.12. The molecule has 2 N–H and O–H groups in total. The van der Waals surface area contributed by atoms with Crippen molar-refractivity contribution in [2.75, 3.05) is 12.8 Å². The van der Waals surface area contributed by atoms with Gasteiger partial charge in [-0.3, -0.25) is 10.00 Å². The fourth-order valence-corrected chi connectivity index (χ4v) is 4.62. The number of nitrogens with zero attached hydrogens (tertiary/aromatic N) is 2. The van der Waals surface area contributed by atoms with Crippen LogP contribution in [0.15, 0.2) is 65.7 Å². The van der Waals surface area contributed by atoms with Crippen molar-refractivity contribution in [1.82, 2.24) is 20.1 Å². The highest BCUT2D eigenvalue weighted by atomic mass is 32.2. The van der Waals surface area contributed by atoms with Crippen molar-refractivity contribution in [3.63, 3.8) is 0 Å². The second-order valence-corrected chi connectivity index (χ2v) is 7.92. The van der Waals surface area contributed by atoms with E-state index in [-0.39, 0.29) is 6.04 Å². The minimum absolute atomic E-state index is 0.223. The third-order valence-electron chi connectivity index (χ3n) is 5.50. The summed E-state index contributed by atoms with van der Waals surface area (Å²) in [5, 5.41) is 8.61. The molecule has 1 aliphatic heterocycles. The molecule has 3 heterocycles. The number of para-hydroxylation sites is 1. The van der Waals surface area contributed by atoms with E-state index in [2.05, 4.69) is 80.9 Å². The van der Waals surface area contributed by atoms with Gasteiger partial charge in [-0.05, 0) is 48.1 Å². The van der Waals surface area contributed by atoms with Crippen LogP contribution in [0.5, 0.6) is 0 Å². The van der Waals surface area contributed by atoms with Crippen LogP contribution in [-0.4, -0.2) is 32.9 Å². The average Bonchev–Trinajstić information content (AvgIpc) is 3.35. The summed E-state index contributed by atoms with van der Waals surface area (Å²) in [5.74, 6) is 0. The first-order valence-electron chi connectivity index (χ1n) is 9.29. The van der Waals surface area contributed by atoms with E-state index in [1.54, 1.807) is 11.8 Å². The van der Waals surface area contributed by atoms with Gasteiger partial charge in [0.25, 0.3) is 0 Å². The summed E-state index contributed by atoms with van der Waals surface area (Å²) in [4.78, 5) is 7.57. The van der Waals surface area contributed by atoms with Crippen LogP contribution in [-0.2, 0) is 13.0 Å². The molecule has 1 atom stereocenters. The number of fused-ring (bicyclic) bond motifs is 3. The van der Waals surface area contributed by atoms with Crippen LogP contribution >= 0.6 is 11.8 Å². The second-order valence-electron chi connectivity index (χ2n) is 7.04. The van der Waals surface area contributed by atoms with Crippen LogP contribution < -0.4 is 0 Å². The summed E-state index contributed by atoms with van der Waals surface area (Å²) in [6.07, 6.45) is 5.01. The van der Waals surface area contributed by atoms with Crippen molar-refractivity contribution in [1.29, 1.82) is 0 Å². The highest BCUT2D eigenvalue weighted by molar-refractivity contribution is 7.98. The van der Waals surface area contributed by atoms with Crippen LogP contribution in [0.25, 0.3) is 10.9 Å². The van der Waals surface area contributed by atoms with Gasteiger partial charge in [-0.1, -0.05) is 30.3 Å². The molecule has 4 aromatic rings. The number of aromatic nitrogens is 3. The van der Waals surface area contributed by atoms with Crippen LogP contribution in [0.3, 0.4) is 0 Å². The molecule has 4 nitrogen and oxygen atoms in total. The van der Waals surface area contributed by atoms with Gasteiger partial charge in [-0.15, -0.1) is 11.8 Å². The maximum Gasteiger partial charge on any atom is 0.0760 e. The fourth-order valence-electron chi connectivity index (χ4n) is 4.22. The molecule has 0 amide bonds. The number of nitrogens with one attached hydrogen (secondary N) is 2. The number of hydrogen-bond acceptors (Lipinski definition) is 3. The zero-order chi connectivity index (χ0) is 18.2. The zero-order valence-corrected chi connectivity index (χ0v) is 16.1. The molecule has 27 heavy (non-hydrogen) atoms. The Labute approximate surface area is 163 Å². The van der Waals surface area contributed by atoms with E-state index < -0.39 is 0 Å². The van der Waals surface area contributed by atoms with Crippen LogP contribution in [0.4, 0.5) is 0 Å². The smallest absolute Gasteiger partial charge is 0.0760 e. The summed E-state index contributed by atoms with van der Waals surface area (Å²) in [6, 6.07) is 20.0. The molecule has 0 spiro atoms. The summed E-state index contributed by atoms with van der Waals surface area (Å²) in [5.41, 5.74) is 6.51. The molecule has 1 aliphatic rings. The van der Waals surface area contributed by atoms with Crippen molar-refractivity contribution in [3.8, 4) is 0 Å². The Morgan fingerprint density at radius 2 is 1.96 bits per heavy atom. The van der Waals surface area contributed by atoms with Crippen LogP contribution in [0, 0.1) is 0 Å². The van der Waals surface area contributed by atoms with Gasteiger partial charge < -0.3 is 4.98 Å². The Kier molecular flexibility index (Phi) is 4.26. The SMILES string of the molecule is CSc1ccc([C@@H]2c3[nH]c4ccccc4c3CCN2Cc2ccn[nH]2)cc1.